The van der Waals surface area contributed by atoms with Crippen molar-refractivity contribution in [2.24, 2.45) is 0 Å². The molecule has 0 saturated heterocycles. The predicted octanol–water partition coefficient (Wildman–Crippen LogP) is 7.49. The molecular formula is C23H16BrF3N2OS. The van der Waals surface area contributed by atoms with Gasteiger partial charge in [-0.3, -0.25) is 4.57 Å². The fourth-order valence-corrected chi connectivity index (χ4v) is 4.24. The topological polar surface area (TPSA) is 27.1 Å². The number of benzene rings is 3. The fourth-order valence-electron chi connectivity index (χ4n) is 3.03. The number of imidazole rings is 1. The number of thioether (sulfide) groups is 1. The van der Waals surface area contributed by atoms with Crippen LogP contribution >= 0.6 is 27.7 Å². The van der Waals surface area contributed by atoms with E-state index in [-0.39, 0.29) is 5.75 Å². The molecule has 8 heteroatoms. The lowest BCUT2D eigenvalue weighted by Crippen LogP contribution is -2.17. The van der Waals surface area contributed by atoms with Crippen molar-refractivity contribution in [3.63, 3.8) is 0 Å². The third-order valence-electron chi connectivity index (χ3n) is 4.41. The van der Waals surface area contributed by atoms with Crippen molar-refractivity contribution >= 4 is 27.7 Å². The van der Waals surface area contributed by atoms with Gasteiger partial charge in [-0.1, -0.05) is 70.2 Å². The molecule has 0 amide bonds. The van der Waals surface area contributed by atoms with Crippen molar-refractivity contribution in [2.45, 2.75) is 17.3 Å². The lowest BCUT2D eigenvalue weighted by molar-refractivity contribution is -0.274. The van der Waals surface area contributed by atoms with Crippen LogP contribution in [0, 0.1) is 0 Å². The third-order valence-corrected chi connectivity index (χ3v) is 5.96. The Labute approximate surface area is 190 Å². The number of rotatable bonds is 6. The van der Waals surface area contributed by atoms with E-state index < -0.39 is 6.36 Å². The summed E-state index contributed by atoms with van der Waals surface area (Å²) in [4.78, 5) is 4.59. The van der Waals surface area contributed by atoms with Crippen LogP contribution in [0.25, 0.3) is 16.9 Å². The minimum atomic E-state index is -4.73. The van der Waals surface area contributed by atoms with E-state index in [0.29, 0.717) is 11.4 Å². The molecular weight excluding hydrogens is 489 g/mol. The largest absolute Gasteiger partial charge is 0.573 e. The van der Waals surface area contributed by atoms with Crippen LogP contribution < -0.4 is 4.74 Å². The zero-order valence-electron chi connectivity index (χ0n) is 16.0. The first-order valence-electron chi connectivity index (χ1n) is 9.26. The van der Waals surface area contributed by atoms with Crippen LogP contribution in [0.1, 0.15) is 5.56 Å². The quantitative estimate of drug-likeness (QED) is 0.254. The number of alkyl halides is 3. The molecule has 0 fully saturated rings. The van der Waals surface area contributed by atoms with Gasteiger partial charge in [0.05, 0.1) is 11.9 Å². The molecule has 0 N–H and O–H groups in total. The van der Waals surface area contributed by atoms with Gasteiger partial charge in [0.1, 0.15) is 5.75 Å². The van der Waals surface area contributed by atoms with Crippen LogP contribution in [-0.2, 0) is 5.75 Å². The van der Waals surface area contributed by atoms with E-state index in [9.17, 15) is 13.2 Å². The summed E-state index contributed by atoms with van der Waals surface area (Å²) in [5.74, 6) is 0.451. The molecule has 0 unspecified atom stereocenters. The monoisotopic (exact) mass is 504 g/mol. The first kappa shape index (κ1) is 21.5. The molecule has 1 aromatic heterocycles. The molecule has 3 nitrogen and oxygen atoms in total. The second-order valence-corrected chi connectivity index (χ2v) is 8.44. The molecule has 0 atom stereocenters. The van der Waals surface area contributed by atoms with Crippen molar-refractivity contribution in [3.05, 3.63) is 95.1 Å². The molecule has 4 aromatic rings. The highest BCUT2D eigenvalue weighted by Crippen LogP contribution is 2.33. The van der Waals surface area contributed by atoms with Crippen LogP contribution in [0.4, 0.5) is 13.2 Å². The summed E-state index contributed by atoms with van der Waals surface area (Å²) in [6, 6.07) is 23.6. The fraction of sp³-hybridized carbons (Fsp3) is 0.0870. The molecule has 31 heavy (non-hydrogen) atoms. The van der Waals surface area contributed by atoms with E-state index >= 15 is 0 Å². The van der Waals surface area contributed by atoms with Crippen LogP contribution in [0.2, 0.25) is 0 Å². The maximum absolute atomic E-state index is 12.5. The number of hydrogen-bond donors (Lipinski definition) is 0. The van der Waals surface area contributed by atoms with Gasteiger partial charge in [-0.25, -0.2) is 4.98 Å². The van der Waals surface area contributed by atoms with E-state index in [1.165, 1.54) is 12.1 Å². The van der Waals surface area contributed by atoms with Crippen LogP contribution in [0.15, 0.2) is 94.7 Å². The minimum absolute atomic E-state index is 0.264. The molecule has 0 aliphatic rings. The van der Waals surface area contributed by atoms with E-state index in [2.05, 4.69) is 25.7 Å². The minimum Gasteiger partial charge on any atom is -0.406 e. The van der Waals surface area contributed by atoms with E-state index in [1.807, 2.05) is 59.2 Å². The number of halogens is 4. The van der Waals surface area contributed by atoms with Crippen molar-refractivity contribution in [2.75, 3.05) is 0 Å². The van der Waals surface area contributed by atoms with Gasteiger partial charge in [0, 0.05) is 21.5 Å². The van der Waals surface area contributed by atoms with E-state index in [4.69, 9.17) is 0 Å². The van der Waals surface area contributed by atoms with Gasteiger partial charge in [-0.15, -0.1) is 13.2 Å². The lowest BCUT2D eigenvalue weighted by Gasteiger charge is -2.14. The van der Waals surface area contributed by atoms with Crippen molar-refractivity contribution < 1.29 is 17.9 Å². The summed E-state index contributed by atoms with van der Waals surface area (Å²) in [6.07, 6.45) is -2.95. The average Bonchev–Trinajstić information content (AvgIpc) is 3.17. The molecule has 0 saturated carbocycles. The van der Waals surface area contributed by atoms with Gasteiger partial charge >= 0.3 is 6.36 Å². The summed E-state index contributed by atoms with van der Waals surface area (Å²) in [6.45, 7) is 0. The lowest BCUT2D eigenvalue weighted by atomic mass is 10.1. The Morgan fingerprint density at radius 3 is 2.23 bits per heavy atom. The van der Waals surface area contributed by atoms with Gasteiger partial charge in [0.2, 0.25) is 0 Å². The highest BCUT2D eigenvalue weighted by Gasteiger charge is 2.31. The maximum atomic E-state index is 12.5. The normalized spacial score (nSPS) is 11.5. The number of ether oxygens (including phenoxy) is 1. The Balaban J connectivity index is 1.70. The Bertz CT molecular complexity index is 1140. The molecule has 3 aromatic carbocycles. The molecule has 158 valence electrons. The molecule has 0 radical (unpaired) electrons. The first-order chi connectivity index (χ1) is 14.9. The molecule has 4 rings (SSSR count). The van der Waals surface area contributed by atoms with Crippen LogP contribution in [0.5, 0.6) is 5.75 Å². The molecule has 0 spiro atoms. The third kappa shape index (κ3) is 5.51. The van der Waals surface area contributed by atoms with Gasteiger partial charge in [-0.05, 0) is 42.0 Å². The maximum Gasteiger partial charge on any atom is 0.573 e. The second-order valence-electron chi connectivity index (χ2n) is 6.58. The van der Waals surface area contributed by atoms with Crippen molar-refractivity contribution in [3.8, 4) is 22.7 Å². The molecule has 0 aliphatic heterocycles. The summed E-state index contributed by atoms with van der Waals surface area (Å²) in [5, 5.41) is 0.742. The smallest absolute Gasteiger partial charge is 0.406 e. The number of nitrogens with zero attached hydrogens (tertiary/aromatic N) is 2. The Hall–Kier alpha value is -2.71. The van der Waals surface area contributed by atoms with Crippen molar-refractivity contribution in [1.82, 2.24) is 9.55 Å². The zero-order chi connectivity index (χ0) is 21.8. The Kier molecular flexibility index (Phi) is 6.38. The van der Waals surface area contributed by atoms with E-state index in [1.54, 1.807) is 30.1 Å². The summed E-state index contributed by atoms with van der Waals surface area (Å²) >= 11 is 5.00. The average molecular weight is 505 g/mol. The Morgan fingerprint density at radius 2 is 1.58 bits per heavy atom. The SMILES string of the molecule is FC(F)(F)Oc1ccc(-n2c(-c3ccc(Br)cc3)cnc2SCc2ccccc2)cc1. The summed E-state index contributed by atoms with van der Waals surface area (Å²) in [5.41, 5.74) is 3.63. The Morgan fingerprint density at radius 1 is 0.903 bits per heavy atom. The van der Waals surface area contributed by atoms with E-state index in [0.717, 1.165) is 26.4 Å². The predicted molar refractivity (Wildman–Crippen MR) is 119 cm³/mol. The summed E-state index contributed by atoms with van der Waals surface area (Å²) in [7, 11) is 0. The van der Waals surface area contributed by atoms with Crippen molar-refractivity contribution in [1.29, 1.82) is 0 Å². The molecule has 0 bridgehead atoms. The number of aromatic nitrogens is 2. The van der Waals surface area contributed by atoms with Crippen LogP contribution in [0.3, 0.4) is 0 Å². The van der Waals surface area contributed by atoms with Crippen LogP contribution in [-0.4, -0.2) is 15.9 Å². The highest BCUT2D eigenvalue weighted by molar-refractivity contribution is 9.10. The standard InChI is InChI=1S/C23H16BrF3N2OS/c24-18-8-6-17(7-9-18)21-14-28-22(31-15-16-4-2-1-3-5-16)29(21)19-10-12-20(13-11-19)30-23(25,26)27/h1-14H,15H2. The van der Waals surface area contributed by atoms with Gasteiger partial charge < -0.3 is 4.74 Å². The number of hydrogen-bond acceptors (Lipinski definition) is 3. The second kappa shape index (κ2) is 9.20. The van der Waals surface area contributed by atoms with Gasteiger partial charge in [0.25, 0.3) is 0 Å². The molecule has 0 aliphatic carbocycles. The zero-order valence-corrected chi connectivity index (χ0v) is 18.4. The van der Waals surface area contributed by atoms with Gasteiger partial charge in [0.15, 0.2) is 5.16 Å². The molecule has 1 heterocycles. The first-order valence-corrected chi connectivity index (χ1v) is 11.0. The highest BCUT2D eigenvalue weighted by atomic mass is 79.9. The van der Waals surface area contributed by atoms with Gasteiger partial charge in [-0.2, -0.15) is 0 Å². The summed E-state index contributed by atoms with van der Waals surface area (Å²) < 4.78 is 44.4.